The zero-order valence-corrected chi connectivity index (χ0v) is 25.6. The number of carbonyl (C=O) groups is 1. The highest BCUT2D eigenvalue weighted by atomic mass is 32.2. The minimum Gasteiger partial charge on any atom is -0.352 e. The number of rotatable bonds is 9. The van der Waals surface area contributed by atoms with Crippen molar-refractivity contribution in [1.82, 2.24) is 24.3 Å². The Morgan fingerprint density at radius 3 is 2.07 bits per heavy atom. The van der Waals surface area contributed by atoms with Crippen molar-refractivity contribution in [3.8, 4) is 0 Å². The quantitative estimate of drug-likeness (QED) is 0.283. The number of nitrogens with one attached hydrogen (secondary N) is 1. The van der Waals surface area contributed by atoms with E-state index in [0.29, 0.717) is 38.8 Å². The molecule has 1 saturated heterocycles. The third-order valence-electron chi connectivity index (χ3n) is 8.77. The fraction of sp³-hybridized carbons (Fsp3) is 0.412. The first kappa shape index (κ1) is 30.3. The van der Waals surface area contributed by atoms with Crippen molar-refractivity contribution in [3.63, 3.8) is 0 Å². The number of thioether (sulfide) groups is 1. The lowest BCUT2D eigenvalue weighted by Gasteiger charge is -2.32. The van der Waals surface area contributed by atoms with Crippen molar-refractivity contribution in [3.05, 3.63) is 111 Å². The summed E-state index contributed by atoms with van der Waals surface area (Å²) in [6, 6.07) is 21.0. The number of hydrogen-bond donors (Lipinski definition) is 1. The summed E-state index contributed by atoms with van der Waals surface area (Å²) in [5.41, 5.74) is 1.72. The van der Waals surface area contributed by atoms with Crippen LogP contribution in [0.3, 0.4) is 0 Å². The lowest BCUT2D eigenvalue weighted by atomic mass is 9.91. The number of pyridine rings is 1. The molecule has 0 bridgehead atoms. The van der Waals surface area contributed by atoms with E-state index in [2.05, 4.69) is 39.5 Å². The number of fused-ring (bicyclic) bond motifs is 1. The lowest BCUT2D eigenvalue weighted by Crippen LogP contribution is -2.47. The van der Waals surface area contributed by atoms with Crippen molar-refractivity contribution in [2.75, 3.05) is 18.1 Å². The maximum absolute atomic E-state index is 14.2. The molecule has 4 aromatic rings. The Hall–Kier alpha value is -3.76. The number of carbonyl (C=O) groups excluding carboxylic acids is 1. The summed E-state index contributed by atoms with van der Waals surface area (Å²) in [6.45, 7) is 1.57. The number of halogens is 1. The van der Waals surface area contributed by atoms with Gasteiger partial charge < -0.3 is 5.32 Å². The molecular weight excluding hydrogens is 577 g/mol. The maximum atomic E-state index is 14.2. The SMILES string of the molecule is O=C(CN(Cc1ccccc1)Cc1ccccc1)N[C@H]1CC[C@@H](n2c(=O)c3cc(F)cnc3n(C3CCSCC3)c2=O)CC1. The van der Waals surface area contributed by atoms with Crippen LogP contribution >= 0.6 is 11.8 Å². The van der Waals surface area contributed by atoms with Gasteiger partial charge in [-0.05, 0) is 67.2 Å². The molecule has 2 aliphatic rings. The molecule has 230 valence electrons. The Morgan fingerprint density at radius 2 is 1.45 bits per heavy atom. The van der Waals surface area contributed by atoms with Crippen LogP contribution in [-0.4, -0.2) is 49.0 Å². The average molecular weight is 616 g/mol. The van der Waals surface area contributed by atoms with Crippen LogP contribution in [0.15, 0.2) is 82.5 Å². The highest BCUT2D eigenvalue weighted by Gasteiger charge is 2.30. The van der Waals surface area contributed by atoms with E-state index in [1.807, 2.05) is 48.2 Å². The largest absolute Gasteiger partial charge is 0.352 e. The second-order valence-electron chi connectivity index (χ2n) is 11.9. The summed E-state index contributed by atoms with van der Waals surface area (Å²) in [4.78, 5) is 47.1. The van der Waals surface area contributed by atoms with Crippen molar-refractivity contribution < 1.29 is 9.18 Å². The molecule has 0 spiro atoms. The van der Waals surface area contributed by atoms with Crippen LogP contribution in [0.25, 0.3) is 11.0 Å². The topological polar surface area (TPSA) is 89.2 Å². The summed E-state index contributed by atoms with van der Waals surface area (Å²) in [5, 5.41) is 3.36. The van der Waals surface area contributed by atoms with Gasteiger partial charge in [-0.2, -0.15) is 11.8 Å². The molecular formula is C34H38FN5O3S. The van der Waals surface area contributed by atoms with E-state index in [1.165, 1.54) is 10.6 Å². The standard InChI is InChI=1S/C34H38FN5O3S/c35-26-19-30-32(36-20-26)39(29-15-17-44-18-16-29)34(43)40(33(30)42)28-13-11-27(12-14-28)37-31(41)23-38(21-24-7-3-1-4-8-24)22-25-9-5-2-6-10-25/h1-10,19-20,27-29H,11-18,21-23H2,(H,37,41)/t27-,28+. The second kappa shape index (κ2) is 13.9. The zero-order chi connectivity index (χ0) is 30.5. The van der Waals surface area contributed by atoms with E-state index in [-0.39, 0.29) is 47.3 Å². The fourth-order valence-corrected chi connectivity index (χ4v) is 7.69. The molecule has 1 saturated carbocycles. The van der Waals surface area contributed by atoms with E-state index in [1.54, 1.807) is 4.57 Å². The number of amides is 1. The molecule has 1 N–H and O–H groups in total. The van der Waals surface area contributed by atoms with Gasteiger partial charge in [0.1, 0.15) is 11.5 Å². The minimum atomic E-state index is -0.592. The Kier molecular flexibility index (Phi) is 9.57. The van der Waals surface area contributed by atoms with Gasteiger partial charge in [0.25, 0.3) is 5.56 Å². The van der Waals surface area contributed by atoms with E-state index >= 15 is 0 Å². The van der Waals surface area contributed by atoms with Crippen LogP contribution in [0, 0.1) is 5.82 Å². The van der Waals surface area contributed by atoms with Crippen molar-refractivity contribution >= 4 is 28.7 Å². The van der Waals surface area contributed by atoms with Gasteiger partial charge >= 0.3 is 5.69 Å². The molecule has 0 unspecified atom stereocenters. The average Bonchev–Trinajstić information content (AvgIpc) is 3.04. The van der Waals surface area contributed by atoms with Crippen molar-refractivity contribution in [1.29, 1.82) is 0 Å². The summed E-state index contributed by atoms with van der Waals surface area (Å²) >= 11 is 1.85. The predicted molar refractivity (Wildman–Crippen MR) is 172 cm³/mol. The molecule has 3 heterocycles. The third kappa shape index (κ3) is 6.97. The first-order chi connectivity index (χ1) is 21.5. The Balaban J connectivity index is 1.15. The Labute approximate surface area is 260 Å². The number of nitrogens with zero attached hydrogens (tertiary/aromatic N) is 4. The van der Waals surface area contributed by atoms with E-state index in [9.17, 15) is 18.8 Å². The van der Waals surface area contributed by atoms with Crippen molar-refractivity contribution in [2.45, 2.75) is 69.7 Å². The zero-order valence-electron chi connectivity index (χ0n) is 24.7. The molecule has 0 atom stereocenters. The van der Waals surface area contributed by atoms with Crippen LogP contribution in [0.1, 0.15) is 61.7 Å². The first-order valence-corrected chi connectivity index (χ1v) is 16.6. The second-order valence-corrected chi connectivity index (χ2v) is 13.1. The van der Waals surface area contributed by atoms with E-state index < -0.39 is 11.4 Å². The predicted octanol–water partition coefficient (Wildman–Crippen LogP) is 5.07. The molecule has 6 rings (SSSR count). The smallest absolute Gasteiger partial charge is 0.333 e. The van der Waals surface area contributed by atoms with Gasteiger partial charge in [-0.1, -0.05) is 60.7 Å². The number of hydrogen-bond acceptors (Lipinski definition) is 6. The van der Waals surface area contributed by atoms with Crippen LogP contribution in [0.2, 0.25) is 0 Å². The number of benzene rings is 2. The minimum absolute atomic E-state index is 0.0396. The molecule has 1 aliphatic carbocycles. The highest BCUT2D eigenvalue weighted by molar-refractivity contribution is 7.99. The monoisotopic (exact) mass is 615 g/mol. The molecule has 1 aliphatic heterocycles. The molecule has 2 aromatic heterocycles. The molecule has 8 nitrogen and oxygen atoms in total. The summed E-state index contributed by atoms with van der Waals surface area (Å²) < 4.78 is 17.2. The third-order valence-corrected chi connectivity index (χ3v) is 9.82. The molecule has 2 aromatic carbocycles. The van der Waals surface area contributed by atoms with Gasteiger partial charge in [0.2, 0.25) is 5.91 Å². The van der Waals surface area contributed by atoms with E-state index in [4.69, 9.17) is 0 Å². The van der Waals surface area contributed by atoms with Gasteiger partial charge in [0.05, 0.1) is 18.1 Å². The molecule has 1 amide bonds. The Morgan fingerprint density at radius 1 is 0.864 bits per heavy atom. The molecule has 0 radical (unpaired) electrons. The summed E-state index contributed by atoms with van der Waals surface area (Å²) in [6.07, 6.45) is 5.15. The lowest BCUT2D eigenvalue weighted by molar-refractivity contribution is -0.123. The maximum Gasteiger partial charge on any atom is 0.333 e. The van der Waals surface area contributed by atoms with Gasteiger partial charge in [-0.3, -0.25) is 23.6 Å². The van der Waals surface area contributed by atoms with Crippen LogP contribution in [0.5, 0.6) is 0 Å². The highest BCUT2D eigenvalue weighted by Crippen LogP contribution is 2.30. The van der Waals surface area contributed by atoms with Crippen LogP contribution in [-0.2, 0) is 17.9 Å². The van der Waals surface area contributed by atoms with Gasteiger partial charge in [0.15, 0.2) is 0 Å². The fourth-order valence-electron chi connectivity index (χ4n) is 6.60. The van der Waals surface area contributed by atoms with Crippen LogP contribution < -0.4 is 16.6 Å². The molecule has 44 heavy (non-hydrogen) atoms. The summed E-state index contributed by atoms with van der Waals surface area (Å²) in [7, 11) is 0. The first-order valence-electron chi connectivity index (χ1n) is 15.5. The molecule has 10 heteroatoms. The van der Waals surface area contributed by atoms with Gasteiger partial charge in [0, 0.05) is 31.2 Å². The van der Waals surface area contributed by atoms with E-state index in [0.717, 1.165) is 41.7 Å². The van der Waals surface area contributed by atoms with Gasteiger partial charge in [-0.25, -0.2) is 14.2 Å². The molecule has 2 fully saturated rings. The number of aromatic nitrogens is 3. The van der Waals surface area contributed by atoms with Crippen LogP contribution in [0.4, 0.5) is 4.39 Å². The summed E-state index contributed by atoms with van der Waals surface area (Å²) in [5.74, 6) is 1.23. The van der Waals surface area contributed by atoms with Crippen molar-refractivity contribution in [2.24, 2.45) is 0 Å². The Bertz CT molecular complexity index is 1660. The normalized spacial score (nSPS) is 19.3. The van der Waals surface area contributed by atoms with Gasteiger partial charge in [-0.15, -0.1) is 0 Å².